The van der Waals surface area contributed by atoms with E-state index in [0.717, 1.165) is 17.3 Å². The Bertz CT molecular complexity index is 655. The summed E-state index contributed by atoms with van der Waals surface area (Å²) in [6.45, 7) is 0. The highest BCUT2D eigenvalue weighted by molar-refractivity contribution is 9.09. The second-order valence-corrected chi connectivity index (χ2v) is 4.45. The van der Waals surface area contributed by atoms with Crippen LogP contribution in [0.15, 0.2) is 36.7 Å². The van der Waals surface area contributed by atoms with Gasteiger partial charge < -0.3 is 0 Å². The van der Waals surface area contributed by atoms with Crippen LogP contribution in [0.4, 0.5) is 5.69 Å². The summed E-state index contributed by atoms with van der Waals surface area (Å²) < 4.78 is 1.47. The van der Waals surface area contributed by atoms with E-state index < -0.39 is 4.92 Å². The normalized spacial score (nSPS) is 9.74. The third kappa shape index (κ3) is 3.20. The maximum absolute atomic E-state index is 10.9. The van der Waals surface area contributed by atoms with Crippen molar-refractivity contribution < 1.29 is 4.92 Å². The Morgan fingerprint density at radius 2 is 2.21 bits per heavy atom. The topological polar surface area (TPSA) is 61.0 Å². The van der Waals surface area contributed by atoms with E-state index in [1.54, 1.807) is 30.6 Å². The third-order valence-corrected chi connectivity index (χ3v) is 2.76. The lowest BCUT2D eigenvalue weighted by molar-refractivity contribution is -0.384. The Kier molecular flexibility index (Phi) is 4.31. The summed E-state index contributed by atoms with van der Waals surface area (Å²) in [4.78, 5) is 10.5. The number of nitrogens with zero attached hydrogens (tertiary/aromatic N) is 3. The molecule has 1 aromatic carbocycles. The molecule has 96 valence electrons. The second-order valence-electron chi connectivity index (χ2n) is 3.66. The van der Waals surface area contributed by atoms with Gasteiger partial charge in [0.05, 0.1) is 16.7 Å². The molecule has 0 N–H and O–H groups in total. The quantitative estimate of drug-likeness (QED) is 0.378. The fourth-order valence-corrected chi connectivity index (χ4v) is 1.74. The van der Waals surface area contributed by atoms with Gasteiger partial charge in [-0.1, -0.05) is 39.9 Å². The van der Waals surface area contributed by atoms with Crippen LogP contribution in [0.25, 0.3) is 5.69 Å². The standard InChI is InChI=1S/C13H10BrN3O2/c14-8-4-3-5-11-9-15-16(10-11)12-6-1-2-7-13(12)17(18)19/h1-2,6-7,9-10H,4,8H2. The van der Waals surface area contributed by atoms with Gasteiger partial charge in [0.15, 0.2) is 0 Å². The Balaban J connectivity index is 2.34. The molecule has 6 heteroatoms. The Hall–Kier alpha value is -2.13. The lowest BCUT2D eigenvalue weighted by Crippen LogP contribution is -1.99. The minimum absolute atomic E-state index is 0.0190. The molecule has 19 heavy (non-hydrogen) atoms. The summed E-state index contributed by atoms with van der Waals surface area (Å²) in [5.41, 5.74) is 1.19. The summed E-state index contributed by atoms with van der Waals surface area (Å²) in [5, 5.41) is 15.9. The van der Waals surface area contributed by atoms with Crippen molar-refractivity contribution in [2.75, 3.05) is 5.33 Å². The molecule has 1 heterocycles. The van der Waals surface area contributed by atoms with Gasteiger partial charge in [-0.15, -0.1) is 0 Å². The van der Waals surface area contributed by atoms with Gasteiger partial charge in [0.1, 0.15) is 5.69 Å². The highest BCUT2D eigenvalue weighted by Crippen LogP contribution is 2.21. The number of halogens is 1. The van der Waals surface area contributed by atoms with Gasteiger partial charge in [0.25, 0.3) is 5.69 Å². The van der Waals surface area contributed by atoms with Crippen LogP contribution in [0.5, 0.6) is 0 Å². The van der Waals surface area contributed by atoms with Crippen LogP contribution in [0.3, 0.4) is 0 Å². The van der Waals surface area contributed by atoms with Crippen molar-refractivity contribution in [2.24, 2.45) is 0 Å². The molecular formula is C13H10BrN3O2. The van der Waals surface area contributed by atoms with Gasteiger partial charge in [-0.3, -0.25) is 10.1 Å². The third-order valence-electron chi connectivity index (χ3n) is 2.36. The minimum atomic E-state index is -0.423. The molecule has 0 fully saturated rings. The molecule has 2 aromatic rings. The van der Waals surface area contributed by atoms with E-state index in [0.29, 0.717) is 5.69 Å². The minimum Gasteiger partial charge on any atom is -0.258 e. The maximum Gasteiger partial charge on any atom is 0.294 e. The zero-order chi connectivity index (χ0) is 13.7. The summed E-state index contributed by atoms with van der Waals surface area (Å²) in [5.74, 6) is 5.92. The molecule has 0 aliphatic carbocycles. The average Bonchev–Trinajstić information content (AvgIpc) is 2.88. The fraction of sp³-hybridized carbons (Fsp3) is 0.154. The summed E-state index contributed by atoms with van der Waals surface area (Å²) in [7, 11) is 0. The maximum atomic E-state index is 10.9. The van der Waals surface area contributed by atoms with Crippen LogP contribution >= 0.6 is 15.9 Å². The van der Waals surface area contributed by atoms with Crippen molar-refractivity contribution in [3.8, 4) is 17.5 Å². The van der Waals surface area contributed by atoms with Crippen LogP contribution in [-0.2, 0) is 0 Å². The van der Waals surface area contributed by atoms with Crippen molar-refractivity contribution >= 4 is 21.6 Å². The van der Waals surface area contributed by atoms with Gasteiger partial charge in [-0.05, 0) is 6.07 Å². The van der Waals surface area contributed by atoms with E-state index >= 15 is 0 Å². The van der Waals surface area contributed by atoms with E-state index in [9.17, 15) is 10.1 Å². The first-order valence-corrected chi connectivity index (χ1v) is 6.68. The van der Waals surface area contributed by atoms with Crippen LogP contribution in [-0.4, -0.2) is 20.0 Å². The number of para-hydroxylation sites is 2. The molecule has 5 nitrogen and oxygen atoms in total. The van der Waals surface area contributed by atoms with E-state index in [1.807, 2.05) is 0 Å². The Morgan fingerprint density at radius 1 is 1.42 bits per heavy atom. The summed E-state index contributed by atoms with van der Waals surface area (Å²) in [6, 6.07) is 6.47. The molecule has 2 rings (SSSR count). The van der Waals surface area contributed by atoms with Gasteiger partial charge in [-0.25, -0.2) is 4.68 Å². The van der Waals surface area contributed by atoms with Crippen molar-refractivity contribution in [1.82, 2.24) is 9.78 Å². The van der Waals surface area contributed by atoms with Crippen molar-refractivity contribution in [2.45, 2.75) is 6.42 Å². The number of nitro benzene ring substituents is 1. The largest absolute Gasteiger partial charge is 0.294 e. The predicted molar refractivity (Wildman–Crippen MR) is 75.5 cm³/mol. The molecule has 0 saturated carbocycles. The fourth-order valence-electron chi connectivity index (χ4n) is 1.54. The molecule has 0 radical (unpaired) electrons. The zero-order valence-electron chi connectivity index (χ0n) is 9.91. The van der Waals surface area contributed by atoms with Gasteiger partial charge in [0.2, 0.25) is 0 Å². The van der Waals surface area contributed by atoms with Crippen LogP contribution in [0.1, 0.15) is 12.0 Å². The van der Waals surface area contributed by atoms with Crippen molar-refractivity contribution in [1.29, 1.82) is 0 Å². The molecule has 1 aromatic heterocycles. The molecule has 0 aliphatic heterocycles. The SMILES string of the molecule is O=[N+]([O-])c1ccccc1-n1cc(C#CCCBr)cn1. The Morgan fingerprint density at radius 3 is 2.95 bits per heavy atom. The van der Waals surface area contributed by atoms with Gasteiger partial charge >= 0.3 is 0 Å². The van der Waals surface area contributed by atoms with Crippen molar-refractivity contribution in [3.63, 3.8) is 0 Å². The highest BCUT2D eigenvalue weighted by Gasteiger charge is 2.14. The molecule has 0 spiro atoms. The molecule has 0 aliphatic rings. The Labute approximate surface area is 118 Å². The number of hydrogen-bond donors (Lipinski definition) is 0. The lowest BCUT2D eigenvalue weighted by atomic mass is 10.2. The second kappa shape index (κ2) is 6.16. The van der Waals surface area contributed by atoms with E-state index in [1.165, 1.54) is 10.7 Å². The van der Waals surface area contributed by atoms with Crippen LogP contribution in [0, 0.1) is 22.0 Å². The smallest absolute Gasteiger partial charge is 0.258 e. The zero-order valence-corrected chi connectivity index (χ0v) is 11.5. The average molecular weight is 320 g/mol. The molecule has 0 atom stereocenters. The first-order chi connectivity index (χ1) is 9.22. The molecule has 0 unspecified atom stereocenters. The number of hydrogen-bond acceptors (Lipinski definition) is 3. The summed E-state index contributed by atoms with van der Waals surface area (Å²) >= 11 is 3.29. The number of alkyl halides is 1. The van der Waals surface area contributed by atoms with E-state index in [2.05, 4.69) is 32.9 Å². The van der Waals surface area contributed by atoms with Gasteiger partial charge in [0, 0.05) is 24.0 Å². The predicted octanol–water partition coefficient (Wildman–Crippen LogP) is 2.92. The summed E-state index contributed by atoms with van der Waals surface area (Å²) in [6.07, 6.45) is 4.03. The number of aromatic nitrogens is 2. The molecular weight excluding hydrogens is 310 g/mol. The number of rotatable bonds is 3. The monoisotopic (exact) mass is 319 g/mol. The van der Waals surface area contributed by atoms with E-state index in [4.69, 9.17) is 0 Å². The lowest BCUT2D eigenvalue weighted by Gasteiger charge is -2.01. The number of nitro groups is 1. The first-order valence-electron chi connectivity index (χ1n) is 5.55. The molecule has 0 saturated heterocycles. The van der Waals surface area contributed by atoms with Crippen LogP contribution < -0.4 is 0 Å². The van der Waals surface area contributed by atoms with Crippen molar-refractivity contribution in [3.05, 3.63) is 52.3 Å². The van der Waals surface area contributed by atoms with Gasteiger partial charge in [-0.2, -0.15) is 5.10 Å². The highest BCUT2D eigenvalue weighted by atomic mass is 79.9. The number of benzene rings is 1. The first kappa shape index (κ1) is 13.3. The molecule has 0 amide bonds. The van der Waals surface area contributed by atoms with Crippen LogP contribution in [0.2, 0.25) is 0 Å². The van der Waals surface area contributed by atoms with E-state index in [-0.39, 0.29) is 5.69 Å². The molecule has 0 bridgehead atoms.